The molecule has 0 radical (unpaired) electrons. The lowest BCUT2D eigenvalue weighted by Gasteiger charge is -2.17. The van der Waals surface area contributed by atoms with Gasteiger partial charge in [0.25, 0.3) is 11.5 Å². The summed E-state index contributed by atoms with van der Waals surface area (Å²) in [6.07, 6.45) is 3.40. The van der Waals surface area contributed by atoms with E-state index >= 15 is 0 Å². The number of nitrogens with zero attached hydrogens (tertiary/aromatic N) is 3. The van der Waals surface area contributed by atoms with Crippen LogP contribution in [0.3, 0.4) is 0 Å². The van der Waals surface area contributed by atoms with Crippen molar-refractivity contribution < 1.29 is 14.3 Å². The van der Waals surface area contributed by atoms with Gasteiger partial charge in [0.05, 0.1) is 30.2 Å². The van der Waals surface area contributed by atoms with Crippen molar-refractivity contribution in [3.8, 4) is 0 Å². The Bertz CT molecular complexity index is 1220. The minimum absolute atomic E-state index is 0.0118. The molecular formula is C21H25N5O4. The number of rotatable bonds is 6. The number of carbonyl (C=O) groups excluding carboxylic acids is 1. The van der Waals surface area contributed by atoms with Crippen molar-refractivity contribution in [3.05, 3.63) is 51.4 Å². The molecule has 1 fully saturated rings. The second kappa shape index (κ2) is 8.37. The summed E-state index contributed by atoms with van der Waals surface area (Å²) in [6, 6.07) is 5.14. The van der Waals surface area contributed by atoms with Crippen molar-refractivity contribution in [3.63, 3.8) is 0 Å². The molecule has 2 N–H and O–H groups in total. The first kappa shape index (κ1) is 20.2. The standard InChI is InChI=1S/C21H25N5O4/c1-13-5-3-8-25-18(13)24-19-16(21(25)28)11-15(20(27)23-7-10-29-2)17(22)26(19)12-14-6-4-9-30-14/h3,5,8,11,14,22H,4,6-7,9-10,12H2,1-2H3,(H,23,27)/t14-/m1/s1. The van der Waals surface area contributed by atoms with E-state index in [2.05, 4.69) is 5.32 Å². The lowest BCUT2D eigenvalue weighted by molar-refractivity contribution is 0.0921. The van der Waals surface area contributed by atoms with E-state index in [0.29, 0.717) is 43.0 Å². The molecule has 3 aromatic heterocycles. The largest absolute Gasteiger partial charge is 0.383 e. The zero-order chi connectivity index (χ0) is 21.3. The fraction of sp³-hybridized carbons (Fsp3) is 0.429. The summed E-state index contributed by atoms with van der Waals surface area (Å²) in [5.74, 6) is -0.422. The number of methoxy groups -OCH3 is 1. The predicted octanol–water partition coefficient (Wildman–Crippen LogP) is 0.992. The highest BCUT2D eigenvalue weighted by Gasteiger charge is 2.22. The Hall–Kier alpha value is -3.04. The van der Waals surface area contributed by atoms with Gasteiger partial charge in [0.15, 0.2) is 0 Å². The molecule has 0 aromatic carbocycles. The van der Waals surface area contributed by atoms with Gasteiger partial charge in [-0.05, 0) is 37.5 Å². The molecule has 30 heavy (non-hydrogen) atoms. The van der Waals surface area contributed by atoms with Crippen LogP contribution in [0.1, 0.15) is 28.8 Å². The van der Waals surface area contributed by atoms with Gasteiger partial charge in [-0.25, -0.2) is 4.98 Å². The maximum atomic E-state index is 13.2. The van der Waals surface area contributed by atoms with Crippen molar-refractivity contribution in [2.75, 3.05) is 26.9 Å². The number of carbonyl (C=O) groups is 1. The molecule has 158 valence electrons. The Morgan fingerprint density at radius 3 is 3.00 bits per heavy atom. The number of hydrogen-bond donors (Lipinski definition) is 2. The van der Waals surface area contributed by atoms with Crippen LogP contribution in [-0.4, -0.2) is 52.8 Å². The molecule has 0 spiro atoms. The summed E-state index contributed by atoms with van der Waals surface area (Å²) >= 11 is 0. The van der Waals surface area contributed by atoms with Crippen LogP contribution in [0.4, 0.5) is 0 Å². The van der Waals surface area contributed by atoms with Gasteiger partial charge >= 0.3 is 0 Å². The molecule has 9 heteroatoms. The van der Waals surface area contributed by atoms with Crippen molar-refractivity contribution in [2.45, 2.75) is 32.4 Å². The summed E-state index contributed by atoms with van der Waals surface area (Å²) in [6.45, 7) is 3.59. The van der Waals surface area contributed by atoms with Gasteiger partial charge in [-0.3, -0.25) is 19.4 Å². The smallest absolute Gasteiger partial charge is 0.267 e. The highest BCUT2D eigenvalue weighted by Crippen LogP contribution is 2.17. The van der Waals surface area contributed by atoms with E-state index < -0.39 is 5.91 Å². The number of nitrogens with one attached hydrogen (secondary N) is 2. The molecule has 0 bridgehead atoms. The summed E-state index contributed by atoms with van der Waals surface area (Å²) in [5.41, 5.74) is 1.65. The molecule has 4 rings (SSSR count). The highest BCUT2D eigenvalue weighted by atomic mass is 16.5. The van der Waals surface area contributed by atoms with Crippen LogP contribution in [0.25, 0.3) is 16.7 Å². The molecular weight excluding hydrogens is 386 g/mol. The Labute approximate surface area is 172 Å². The first-order valence-corrected chi connectivity index (χ1v) is 10.00. The second-order valence-corrected chi connectivity index (χ2v) is 7.44. The number of ether oxygens (including phenoxy) is 2. The van der Waals surface area contributed by atoms with E-state index in [1.54, 1.807) is 23.9 Å². The normalized spacial score (nSPS) is 16.4. The number of aryl methyl sites for hydroxylation is 1. The fourth-order valence-corrected chi connectivity index (χ4v) is 3.80. The topological polar surface area (TPSA) is 111 Å². The molecule has 1 saturated heterocycles. The molecule has 0 aliphatic carbocycles. The average Bonchev–Trinajstić information content (AvgIpc) is 3.24. The fourth-order valence-electron chi connectivity index (χ4n) is 3.80. The van der Waals surface area contributed by atoms with E-state index in [0.717, 1.165) is 18.4 Å². The number of pyridine rings is 2. The van der Waals surface area contributed by atoms with Gasteiger partial charge in [-0.15, -0.1) is 0 Å². The van der Waals surface area contributed by atoms with E-state index in [9.17, 15) is 9.59 Å². The Morgan fingerprint density at radius 2 is 2.27 bits per heavy atom. The molecule has 1 amide bonds. The molecule has 1 aliphatic heterocycles. The molecule has 4 heterocycles. The van der Waals surface area contributed by atoms with E-state index in [-0.39, 0.29) is 22.7 Å². The number of amides is 1. The van der Waals surface area contributed by atoms with Crippen LogP contribution in [0.5, 0.6) is 0 Å². The molecule has 0 saturated carbocycles. The zero-order valence-corrected chi connectivity index (χ0v) is 17.1. The van der Waals surface area contributed by atoms with Gasteiger partial charge in [0, 0.05) is 26.5 Å². The Morgan fingerprint density at radius 1 is 1.43 bits per heavy atom. The number of hydrogen-bond acceptors (Lipinski definition) is 6. The van der Waals surface area contributed by atoms with Gasteiger partial charge < -0.3 is 19.4 Å². The van der Waals surface area contributed by atoms with Gasteiger partial charge in [-0.2, -0.15) is 0 Å². The molecule has 1 atom stereocenters. The zero-order valence-electron chi connectivity index (χ0n) is 17.1. The SMILES string of the molecule is COCCNC(=O)c1cc2c(=O)n3cccc(C)c3nc2n(C[C@H]2CCCO2)c1=N. The second-order valence-electron chi connectivity index (χ2n) is 7.44. The summed E-state index contributed by atoms with van der Waals surface area (Å²) < 4.78 is 13.8. The third-order valence-electron chi connectivity index (χ3n) is 5.38. The highest BCUT2D eigenvalue weighted by molar-refractivity contribution is 5.96. The van der Waals surface area contributed by atoms with Gasteiger partial charge in [0.2, 0.25) is 0 Å². The predicted molar refractivity (Wildman–Crippen MR) is 111 cm³/mol. The first-order chi connectivity index (χ1) is 14.5. The maximum Gasteiger partial charge on any atom is 0.267 e. The first-order valence-electron chi connectivity index (χ1n) is 10.00. The lowest BCUT2D eigenvalue weighted by Crippen LogP contribution is -2.37. The maximum absolute atomic E-state index is 13.2. The van der Waals surface area contributed by atoms with Crippen molar-refractivity contribution in [1.29, 1.82) is 5.41 Å². The monoisotopic (exact) mass is 411 g/mol. The van der Waals surface area contributed by atoms with Crippen molar-refractivity contribution in [1.82, 2.24) is 19.3 Å². The van der Waals surface area contributed by atoms with Crippen LogP contribution in [-0.2, 0) is 16.0 Å². The van der Waals surface area contributed by atoms with E-state index in [1.165, 1.54) is 10.5 Å². The number of aromatic nitrogens is 3. The van der Waals surface area contributed by atoms with E-state index in [1.807, 2.05) is 13.0 Å². The summed E-state index contributed by atoms with van der Waals surface area (Å²) in [7, 11) is 1.55. The number of fused-ring (bicyclic) bond motifs is 2. The van der Waals surface area contributed by atoms with Crippen LogP contribution >= 0.6 is 0 Å². The Balaban J connectivity index is 1.95. The summed E-state index contributed by atoms with van der Waals surface area (Å²) in [4.78, 5) is 30.7. The third kappa shape index (κ3) is 3.61. The molecule has 0 unspecified atom stereocenters. The summed E-state index contributed by atoms with van der Waals surface area (Å²) in [5, 5.41) is 11.7. The minimum atomic E-state index is -0.422. The minimum Gasteiger partial charge on any atom is -0.383 e. The average molecular weight is 411 g/mol. The quantitative estimate of drug-likeness (QED) is 0.464. The van der Waals surface area contributed by atoms with Gasteiger partial charge in [0.1, 0.15) is 16.8 Å². The van der Waals surface area contributed by atoms with Crippen molar-refractivity contribution >= 4 is 22.6 Å². The van der Waals surface area contributed by atoms with Crippen molar-refractivity contribution in [2.24, 2.45) is 0 Å². The van der Waals surface area contributed by atoms with Gasteiger partial charge in [-0.1, -0.05) is 6.07 Å². The molecule has 1 aliphatic rings. The third-order valence-corrected chi connectivity index (χ3v) is 5.38. The van der Waals surface area contributed by atoms with Crippen LogP contribution in [0, 0.1) is 12.3 Å². The molecule has 3 aromatic rings. The van der Waals surface area contributed by atoms with Crippen LogP contribution in [0.2, 0.25) is 0 Å². The lowest BCUT2D eigenvalue weighted by atomic mass is 10.1. The van der Waals surface area contributed by atoms with E-state index in [4.69, 9.17) is 19.9 Å². The van der Waals surface area contributed by atoms with Crippen LogP contribution < -0.4 is 16.4 Å². The molecule has 9 nitrogen and oxygen atoms in total. The Kier molecular flexibility index (Phi) is 5.65. The van der Waals surface area contributed by atoms with Crippen LogP contribution in [0.15, 0.2) is 29.2 Å².